The second-order valence-electron chi connectivity index (χ2n) is 4.65. The van der Waals surface area contributed by atoms with Gasteiger partial charge in [-0.1, -0.05) is 36.4 Å². The Morgan fingerprint density at radius 3 is 2.71 bits per heavy atom. The summed E-state index contributed by atoms with van der Waals surface area (Å²) in [5.74, 6) is 6.84. The first-order valence-electron chi connectivity index (χ1n) is 6.87. The summed E-state index contributed by atoms with van der Waals surface area (Å²) in [6.07, 6.45) is 1.51. The van der Waals surface area contributed by atoms with E-state index >= 15 is 0 Å². The largest absolute Gasteiger partial charge is 0.326 e. The van der Waals surface area contributed by atoms with Gasteiger partial charge < -0.3 is 10.3 Å². The molecule has 3 rings (SSSR count). The van der Waals surface area contributed by atoms with Crippen molar-refractivity contribution in [2.75, 3.05) is 16.9 Å². The van der Waals surface area contributed by atoms with Crippen LogP contribution in [0.1, 0.15) is 6.92 Å². The number of nitrogens with two attached hydrogens (primary N) is 1. The molecule has 0 aliphatic carbocycles. The monoisotopic (exact) mass is 279 g/mol. The molecule has 1 heterocycles. The van der Waals surface area contributed by atoms with E-state index in [1.165, 1.54) is 17.1 Å². The molecule has 3 aromatic rings. The molecule has 0 bridgehead atoms. The first-order chi connectivity index (χ1) is 10.3. The van der Waals surface area contributed by atoms with E-state index < -0.39 is 0 Å². The zero-order chi connectivity index (χ0) is 14.7. The molecular weight excluding hydrogens is 262 g/mol. The van der Waals surface area contributed by atoms with Crippen molar-refractivity contribution in [2.24, 2.45) is 5.84 Å². The topological polar surface area (TPSA) is 67.1 Å². The van der Waals surface area contributed by atoms with Crippen LogP contribution in [0.15, 0.2) is 54.9 Å². The van der Waals surface area contributed by atoms with Gasteiger partial charge in [-0.3, -0.25) is 0 Å². The minimum Gasteiger partial charge on any atom is -0.326 e. The summed E-state index contributed by atoms with van der Waals surface area (Å²) in [7, 11) is 0. The van der Waals surface area contributed by atoms with Crippen molar-refractivity contribution in [3.63, 3.8) is 0 Å². The van der Waals surface area contributed by atoms with Gasteiger partial charge in [-0.05, 0) is 18.4 Å². The summed E-state index contributed by atoms with van der Waals surface area (Å²) < 4.78 is 0. The number of hydrazine groups is 1. The third kappa shape index (κ3) is 2.51. The number of rotatable bonds is 4. The molecule has 2 aromatic carbocycles. The van der Waals surface area contributed by atoms with E-state index in [2.05, 4.69) is 57.5 Å². The Hall–Kier alpha value is -2.66. The Labute approximate surface area is 123 Å². The van der Waals surface area contributed by atoms with Crippen LogP contribution < -0.4 is 16.2 Å². The number of nitrogens with zero attached hydrogens (tertiary/aromatic N) is 3. The number of nitrogen functional groups attached to an aromatic ring is 1. The summed E-state index contributed by atoms with van der Waals surface area (Å²) in [6, 6.07) is 16.4. The van der Waals surface area contributed by atoms with Crippen molar-refractivity contribution in [1.82, 2.24) is 9.97 Å². The molecule has 0 unspecified atom stereocenters. The van der Waals surface area contributed by atoms with Gasteiger partial charge >= 0.3 is 0 Å². The fourth-order valence-corrected chi connectivity index (χ4v) is 2.47. The van der Waals surface area contributed by atoms with Crippen LogP contribution in [0.2, 0.25) is 0 Å². The van der Waals surface area contributed by atoms with Gasteiger partial charge in [0.1, 0.15) is 18.0 Å². The zero-order valence-electron chi connectivity index (χ0n) is 11.8. The number of fused-ring (bicyclic) bond motifs is 1. The summed E-state index contributed by atoms with van der Waals surface area (Å²) in [5, 5.41) is 2.40. The number of hydrogen-bond donors (Lipinski definition) is 2. The van der Waals surface area contributed by atoms with Crippen molar-refractivity contribution in [1.29, 1.82) is 0 Å². The molecule has 0 radical (unpaired) electrons. The Bertz CT molecular complexity index is 751. The summed E-state index contributed by atoms with van der Waals surface area (Å²) in [5.41, 5.74) is 3.68. The molecule has 5 heteroatoms. The molecule has 3 N–H and O–H groups in total. The van der Waals surface area contributed by atoms with Crippen molar-refractivity contribution in [2.45, 2.75) is 6.92 Å². The Kier molecular flexibility index (Phi) is 3.66. The van der Waals surface area contributed by atoms with Crippen LogP contribution in [-0.4, -0.2) is 16.5 Å². The maximum atomic E-state index is 5.43. The lowest BCUT2D eigenvalue weighted by atomic mass is 10.1. The van der Waals surface area contributed by atoms with Crippen molar-refractivity contribution in [3.05, 3.63) is 54.9 Å². The highest BCUT2D eigenvalue weighted by atomic mass is 15.3. The van der Waals surface area contributed by atoms with Crippen LogP contribution in [0.25, 0.3) is 10.8 Å². The first kappa shape index (κ1) is 13.3. The van der Waals surface area contributed by atoms with Gasteiger partial charge in [0, 0.05) is 18.0 Å². The first-order valence-corrected chi connectivity index (χ1v) is 6.87. The molecular formula is C16H17N5. The van der Waals surface area contributed by atoms with Crippen LogP contribution >= 0.6 is 0 Å². The zero-order valence-corrected chi connectivity index (χ0v) is 11.8. The average Bonchev–Trinajstić information content (AvgIpc) is 2.56. The van der Waals surface area contributed by atoms with E-state index in [1.807, 2.05) is 18.2 Å². The van der Waals surface area contributed by atoms with Crippen LogP contribution in [0, 0.1) is 0 Å². The molecule has 0 saturated carbocycles. The highest BCUT2D eigenvalue weighted by Gasteiger charge is 2.12. The smallest absolute Gasteiger partial charge is 0.145 e. The van der Waals surface area contributed by atoms with E-state index in [-0.39, 0.29) is 0 Å². The van der Waals surface area contributed by atoms with E-state index in [0.717, 1.165) is 18.1 Å². The lowest BCUT2D eigenvalue weighted by Gasteiger charge is -2.23. The van der Waals surface area contributed by atoms with Gasteiger partial charge in [0.2, 0.25) is 0 Å². The molecule has 5 nitrogen and oxygen atoms in total. The molecule has 0 aliphatic heterocycles. The molecule has 0 atom stereocenters. The predicted octanol–water partition coefficient (Wildman–Crippen LogP) is 3.07. The minimum absolute atomic E-state index is 0.596. The van der Waals surface area contributed by atoms with Crippen molar-refractivity contribution < 1.29 is 0 Å². The predicted molar refractivity (Wildman–Crippen MR) is 86.5 cm³/mol. The standard InChI is InChI=1S/C16H17N5/c1-2-21(16-10-15(20-17)18-11-19-16)14-9-5-7-12-6-3-4-8-13(12)14/h3-11H,2,17H2,1H3,(H,18,19,20). The molecule has 0 spiro atoms. The molecule has 0 aliphatic rings. The summed E-state index contributed by atoms with van der Waals surface area (Å²) >= 11 is 0. The van der Waals surface area contributed by atoms with E-state index in [0.29, 0.717) is 5.82 Å². The number of nitrogens with one attached hydrogen (secondary N) is 1. The van der Waals surface area contributed by atoms with Gasteiger partial charge in [0.05, 0.1) is 5.69 Å². The Morgan fingerprint density at radius 2 is 1.90 bits per heavy atom. The lowest BCUT2D eigenvalue weighted by Crippen LogP contribution is -2.18. The third-order valence-corrected chi connectivity index (χ3v) is 3.45. The molecule has 0 amide bonds. The van der Waals surface area contributed by atoms with Crippen molar-refractivity contribution >= 4 is 28.1 Å². The highest BCUT2D eigenvalue weighted by Crippen LogP contribution is 2.31. The minimum atomic E-state index is 0.596. The van der Waals surface area contributed by atoms with Crippen LogP contribution in [0.4, 0.5) is 17.3 Å². The molecule has 21 heavy (non-hydrogen) atoms. The van der Waals surface area contributed by atoms with Crippen molar-refractivity contribution in [3.8, 4) is 0 Å². The summed E-state index contributed by atoms with van der Waals surface area (Å²) in [6.45, 7) is 2.90. The maximum Gasteiger partial charge on any atom is 0.145 e. The Balaban J connectivity index is 2.13. The lowest BCUT2D eigenvalue weighted by molar-refractivity contribution is 0.979. The van der Waals surface area contributed by atoms with Gasteiger partial charge in [-0.25, -0.2) is 15.8 Å². The van der Waals surface area contributed by atoms with E-state index in [1.54, 1.807) is 0 Å². The fraction of sp³-hybridized carbons (Fsp3) is 0.125. The molecule has 106 valence electrons. The number of aromatic nitrogens is 2. The SMILES string of the molecule is CCN(c1cc(NN)ncn1)c1cccc2ccccc12. The van der Waals surface area contributed by atoms with Gasteiger partial charge in [0.25, 0.3) is 0 Å². The van der Waals surface area contributed by atoms with Gasteiger partial charge in [-0.2, -0.15) is 0 Å². The second kappa shape index (κ2) is 5.76. The number of benzene rings is 2. The van der Waals surface area contributed by atoms with Crippen LogP contribution in [-0.2, 0) is 0 Å². The fourth-order valence-electron chi connectivity index (χ4n) is 2.47. The van der Waals surface area contributed by atoms with Gasteiger partial charge in [0.15, 0.2) is 0 Å². The highest BCUT2D eigenvalue weighted by molar-refractivity contribution is 5.95. The van der Waals surface area contributed by atoms with Crippen LogP contribution in [0.5, 0.6) is 0 Å². The summed E-state index contributed by atoms with van der Waals surface area (Å²) in [4.78, 5) is 10.6. The Morgan fingerprint density at radius 1 is 1.10 bits per heavy atom. The number of anilines is 3. The quantitative estimate of drug-likeness (QED) is 0.567. The van der Waals surface area contributed by atoms with E-state index in [9.17, 15) is 0 Å². The average molecular weight is 279 g/mol. The van der Waals surface area contributed by atoms with E-state index in [4.69, 9.17) is 5.84 Å². The molecule has 0 fully saturated rings. The molecule has 0 saturated heterocycles. The second-order valence-corrected chi connectivity index (χ2v) is 4.65. The molecule has 1 aromatic heterocycles. The number of hydrogen-bond acceptors (Lipinski definition) is 5. The maximum absolute atomic E-state index is 5.43. The third-order valence-electron chi connectivity index (χ3n) is 3.45. The van der Waals surface area contributed by atoms with Crippen LogP contribution in [0.3, 0.4) is 0 Å². The normalized spacial score (nSPS) is 10.6. The van der Waals surface area contributed by atoms with Gasteiger partial charge in [-0.15, -0.1) is 0 Å².